The average Bonchev–Trinajstić information content (AvgIpc) is 3.08. The topological polar surface area (TPSA) is 65.4 Å². The summed E-state index contributed by atoms with van der Waals surface area (Å²) in [6.45, 7) is 5.05. The highest BCUT2D eigenvalue weighted by atomic mass is 16.5. The first-order chi connectivity index (χ1) is 10.7. The van der Waals surface area contributed by atoms with Gasteiger partial charge in [-0.3, -0.25) is 9.69 Å². The number of ether oxygens (including phenoxy) is 1. The molecule has 0 bridgehead atoms. The van der Waals surface area contributed by atoms with Crippen LogP contribution in [0.3, 0.4) is 0 Å². The summed E-state index contributed by atoms with van der Waals surface area (Å²) in [7, 11) is 0. The van der Waals surface area contributed by atoms with Crippen LogP contribution >= 0.6 is 0 Å². The van der Waals surface area contributed by atoms with Gasteiger partial charge in [0.05, 0.1) is 11.6 Å². The van der Waals surface area contributed by atoms with Crippen LogP contribution in [0, 0.1) is 11.3 Å². The van der Waals surface area contributed by atoms with Crippen LogP contribution in [-0.4, -0.2) is 43.1 Å². The number of likely N-dealkylation sites (tertiary alicyclic amines) is 1. The highest BCUT2D eigenvalue weighted by Crippen LogP contribution is 2.14. The van der Waals surface area contributed by atoms with Crippen LogP contribution < -0.4 is 10.1 Å². The van der Waals surface area contributed by atoms with Gasteiger partial charge >= 0.3 is 0 Å². The van der Waals surface area contributed by atoms with Gasteiger partial charge in [0, 0.05) is 12.6 Å². The Morgan fingerprint density at radius 3 is 2.91 bits per heavy atom. The van der Waals surface area contributed by atoms with Crippen LogP contribution in [0.15, 0.2) is 24.3 Å². The molecule has 1 heterocycles. The molecular weight excluding hydrogens is 278 g/mol. The van der Waals surface area contributed by atoms with E-state index in [0.717, 1.165) is 19.5 Å². The lowest BCUT2D eigenvalue weighted by molar-refractivity contribution is -0.123. The summed E-state index contributed by atoms with van der Waals surface area (Å²) in [5, 5.41) is 11.8. The standard InChI is InChI=1S/C17H23N3O2/c1-2-15(20-8-3-4-9-20)12-19-17(21)13-22-16-7-5-6-14(10-16)11-18/h5-7,10,15H,2-4,8-9,12-13H2,1H3,(H,19,21)/t15-/m1/s1. The molecule has 2 rings (SSSR count). The molecule has 0 radical (unpaired) electrons. The Balaban J connectivity index is 1.74. The minimum absolute atomic E-state index is 0.0225. The van der Waals surface area contributed by atoms with Crippen molar-refractivity contribution in [3.05, 3.63) is 29.8 Å². The molecule has 5 heteroatoms. The molecular formula is C17H23N3O2. The third kappa shape index (κ3) is 4.74. The largest absolute Gasteiger partial charge is 0.484 e. The smallest absolute Gasteiger partial charge is 0.257 e. The summed E-state index contributed by atoms with van der Waals surface area (Å²) >= 11 is 0. The Hall–Kier alpha value is -2.06. The van der Waals surface area contributed by atoms with E-state index in [1.165, 1.54) is 12.8 Å². The summed E-state index contributed by atoms with van der Waals surface area (Å²) < 4.78 is 5.42. The van der Waals surface area contributed by atoms with Crippen molar-refractivity contribution in [3.63, 3.8) is 0 Å². The summed E-state index contributed by atoms with van der Waals surface area (Å²) in [6.07, 6.45) is 3.54. The molecule has 1 aliphatic heterocycles. The quantitative estimate of drug-likeness (QED) is 0.835. The van der Waals surface area contributed by atoms with Gasteiger partial charge in [-0.1, -0.05) is 13.0 Å². The first-order valence-electron chi connectivity index (χ1n) is 7.86. The van der Waals surface area contributed by atoms with Gasteiger partial charge in [0.15, 0.2) is 6.61 Å². The van der Waals surface area contributed by atoms with E-state index in [1.807, 2.05) is 6.07 Å². The number of carbonyl (C=O) groups excluding carboxylic acids is 1. The van der Waals surface area contributed by atoms with Crippen LogP contribution in [0.2, 0.25) is 0 Å². The molecule has 1 fully saturated rings. The second-order valence-corrected chi connectivity index (χ2v) is 5.54. The Labute approximate surface area is 131 Å². The molecule has 1 amide bonds. The molecule has 0 saturated carbocycles. The molecule has 0 aliphatic carbocycles. The summed E-state index contributed by atoms with van der Waals surface area (Å²) in [4.78, 5) is 14.3. The second-order valence-electron chi connectivity index (χ2n) is 5.54. The molecule has 1 atom stereocenters. The lowest BCUT2D eigenvalue weighted by atomic mass is 10.2. The molecule has 118 valence electrons. The van der Waals surface area contributed by atoms with E-state index in [1.54, 1.807) is 24.3 Å². The van der Waals surface area contributed by atoms with Gasteiger partial charge in [-0.25, -0.2) is 0 Å². The Bertz CT molecular complexity index is 533. The molecule has 1 saturated heterocycles. The lowest BCUT2D eigenvalue weighted by Crippen LogP contribution is -2.43. The fraction of sp³-hybridized carbons (Fsp3) is 0.529. The van der Waals surface area contributed by atoms with Gasteiger partial charge in [0.1, 0.15) is 5.75 Å². The third-order valence-electron chi connectivity index (χ3n) is 4.00. The molecule has 1 aromatic carbocycles. The zero-order valence-electron chi connectivity index (χ0n) is 13.0. The highest BCUT2D eigenvalue weighted by molar-refractivity contribution is 5.77. The number of benzene rings is 1. The normalized spacial score (nSPS) is 16.0. The minimum atomic E-state index is -0.125. The first-order valence-corrected chi connectivity index (χ1v) is 7.86. The van der Waals surface area contributed by atoms with Crippen molar-refractivity contribution >= 4 is 5.91 Å². The van der Waals surface area contributed by atoms with E-state index in [-0.39, 0.29) is 12.5 Å². The number of hydrogen-bond donors (Lipinski definition) is 1. The summed E-state index contributed by atoms with van der Waals surface area (Å²) in [5.74, 6) is 0.417. The van der Waals surface area contributed by atoms with Crippen molar-refractivity contribution in [2.24, 2.45) is 0 Å². The van der Waals surface area contributed by atoms with Gasteiger partial charge in [-0.2, -0.15) is 5.26 Å². The number of nitrogens with zero attached hydrogens (tertiary/aromatic N) is 2. The number of amides is 1. The molecule has 1 aromatic rings. The fourth-order valence-electron chi connectivity index (χ4n) is 2.73. The first kappa shape index (κ1) is 16.3. The van der Waals surface area contributed by atoms with Crippen LogP contribution in [0.25, 0.3) is 0 Å². The molecule has 0 aromatic heterocycles. The molecule has 0 unspecified atom stereocenters. The van der Waals surface area contributed by atoms with E-state index in [0.29, 0.717) is 23.9 Å². The van der Waals surface area contributed by atoms with Crippen molar-refractivity contribution in [1.82, 2.24) is 10.2 Å². The maximum Gasteiger partial charge on any atom is 0.257 e. The van der Waals surface area contributed by atoms with E-state index < -0.39 is 0 Å². The zero-order valence-corrected chi connectivity index (χ0v) is 13.0. The number of hydrogen-bond acceptors (Lipinski definition) is 4. The molecule has 1 N–H and O–H groups in total. The highest BCUT2D eigenvalue weighted by Gasteiger charge is 2.20. The molecule has 1 aliphatic rings. The molecule has 0 spiro atoms. The Kier molecular flexibility index (Phi) is 6.23. The fourth-order valence-corrected chi connectivity index (χ4v) is 2.73. The maximum atomic E-state index is 11.9. The monoisotopic (exact) mass is 301 g/mol. The van der Waals surface area contributed by atoms with Crippen LogP contribution in [0.5, 0.6) is 5.75 Å². The second kappa shape index (κ2) is 8.40. The number of nitrogens with one attached hydrogen (secondary N) is 1. The van der Waals surface area contributed by atoms with Gasteiger partial charge in [0.2, 0.25) is 0 Å². The van der Waals surface area contributed by atoms with E-state index in [4.69, 9.17) is 10.00 Å². The average molecular weight is 301 g/mol. The predicted octanol–water partition coefficient (Wildman–Crippen LogP) is 1.93. The minimum Gasteiger partial charge on any atom is -0.484 e. The van der Waals surface area contributed by atoms with Gasteiger partial charge < -0.3 is 10.1 Å². The van der Waals surface area contributed by atoms with E-state index in [2.05, 4.69) is 17.1 Å². The van der Waals surface area contributed by atoms with Crippen LogP contribution in [0.1, 0.15) is 31.7 Å². The van der Waals surface area contributed by atoms with Crippen molar-refractivity contribution in [2.75, 3.05) is 26.2 Å². The third-order valence-corrected chi connectivity index (χ3v) is 4.00. The van der Waals surface area contributed by atoms with Crippen molar-refractivity contribution in [2.45, 2.75) is 32.2 Å². The summed E-state index contributed by atoms with van der Waals surface area (Å²) in [5.41, 5.74) is 0.526. The summed E-state index contributed by atoms with van der Waals surface area (Å²) in [6, 6.07) is 9.28. The Morgan fingerprint density at radius 2 is 2.23 bits per heavy atom. The number of carbonyl (C=O) groups is 1. The van der Waals surface area contributed by atoms with Crippen LogP contribution in [0.4, 0.5) is 0 Å². The van der Waals surface area contributed by atoms with Crippen molar-refractivity contribution in [1.29, 1.82) is 5.26 Å². The number of nitriles is 1. The molecule has 22 heavy (non-hydrogen) atoms. The predicted molar refractivity (Wildman–Crippen MR) is 84.5 cm³/mol. The van der Waals surface area contributed by atoms with Crippen molar-refractivity contribution in [3.8, 4) is 11.8 Å². The maximum absolute atomic E-state index is 11.9. The van der Waals surface area contributed by atoms with Gasteiger partial charge in [-0.15, -0.1) is 0 Å². The SMILES string of the molecule is CC[C@H](CNC(=O)COc1cccc(C#N)c1)N1CCCC1. The zero-order chi connectivity index (χ0) is 15.8. The van der Waals surface area contributed by atoms with E-state index >= 15 is 0 Å². The lowest BCUT2D eigenvalue weighted by Gasteiger charge is -2.26. The van der Waals surface area contributed by atoms with Crippen molar-refractivity contribution < 1.29 is 9.53 Å². The Morgan fingerprint density at radius 1 is 1.45 bits per heavy atom. The van der Waals surface area contributed by atoms with Gasteiger partial charge in [-0.05, 0) is 50.6 Å². The number of rotatable bonds is 7. The van der Waals surface area contributed by atoms with Gasteiger partial charge in [0.25, 0.3) is 5.91 Å². The van der Waals surface area contributed by atoms with Crippen LogP contribution in [-0.2, 0) is 4.79 Å². The van der Waals surface area contributed by atoms with E-state index in [9.17, 15) is 4.79 Å². The molecule has 5 nitrogen and oxygen atoms in total.